The van der Waals surface area contributed by atoms with Crippen LogP contribution in [0.3, 0.4) is 0 Å². The lowest BCUT2D eigenvalue weighted by molar-refractivity contribution is 0.0991. The fraction of sp³-hybridized carbons (Fsp3) is 0.0870. The Morgan fingerprint density at radius 3 is 2.20 bits per heavy atom. The molecule has 1 heterocycles. The Morgan fingerprint density at radius 1 is 0.933 bits per heavy atom. The molecule has 0 radical (unpaired) electrons. The van der Waals surface area contributed by atoms with E-state index in [0.29, 0.717) is 16.7 Å². The van der Waals surface area contributed by atoms with Crippen LogP contribution in [0.1, 0.15) is 10.6 Å². The van der Waals surface area contributed by atoms with E-state index in [9.17, 15) is 4.79 Å². The number of aromatic amines is 1. The molecule has 0 unspecified atom stereocenters. The predicted octanol–water partition coefficient (Wildman–Crippen LogP) is 4.11. The van der Waals surface area contributed by atoms with Crippen molar-refractivity contribution in [3.05, 3.63) is 78.4 Å². The van der Waals surface area contributed by atoms with Gasteiger partial charge in [0.05, 0.1) is 0 Å². The largest absolute Gasteiger partial charge is 0.378 e. The SMILES string of the molecule is CN(C)c1ccc(-c2c(-c3n[nH]c(C(N)=O)n3)ccc(F)c2-c2ccccc2)cc1. The van der Waals surface area contributed by atoms with Crippen molar-refractivity contribution in [3.63, 3.8) is 0 Å². The third-order valence-corrected chi connectivity index (χ3v) is 4.85. The Bertz CT molecular complexity index is 1200. The molecule has 0 saturated heterocycles. The van der Waals surface area contributed by atoms with E-state index >= 15 is 4.39 Å². The summed E-state index contributed by atoms with van der Waals surface area (Å²) in [6, 6.07) is 20.1. The van der Waals surface area contributed by atoms with Crippen molar-refractivity contribution in [2.45, 2.75) is 0 Å². The van der Waals surface area contributed by atoms with Gasteiger partial charge in [-0.3, -0.25) is 9.89 Å². The van der Waals surface area contributed by atoms with E-state index in [1.807, 2.05) is 73.6 Å². The van der Waals surface area contributed by atoms with E-state index in [-0.39, 0.29) is 17.5 Å². The predicted molar refractivity (Wildman–Crippen MR) is 115 cm³/mol. The standard InChI is InChI=1S/C23H20FN5O/c1-29(2)16-10-8-15(9-11-16)19-17(22-26-23(21(25)30)28-27-22)12-13-18(24)20(19)14-6-4-3-5-7-14/h3-13H,1-2H3,(H2,25,30)(H,26,27,28). The second-order valence-electron chi connectivity index (χ2n) is 7.02. The number of rotatable bonds is 5. The zero-order valence-corrected chi connectivity index (χ0v) is 16.6. The van der Waals surface area contributed by atoms with Crippen LogP contribution in [-0.2, 0) is 0 Å². The summed E-state index contributed by atoms with van der Waals surface area (Å²) in [4.78, 5) is 17.7. The van der Waals surface area contributed by atoms with Crippen LogP contribution in [0.5, 0.6) is 0 Å². The van der Waals surface area contributed by atoms with Crippen LogP contribution in [0, 0.1) is 5.82 Å². The Hall–Kier alpha value is -4.00. The molecule has 0 fully saturated rings. The number of anilines is 1. The first-order valence-corrected chi connectivity index (χ1v) is 9.34. The molecule has 0 bridgehead atoms. The number of hydrogen-bond acceptors (Lipinski definition) is 4. The number of nitrogens with two attached hydrogens (primary N) is 1. The van der Waals surface area contributed by atoms with Gasteiger partial charge in [0.15, 0.2) is 5.82 Å². The molecule has 1 aromatic heterocycles. The number of halogens is 1. The van der Waals surface area contributed by atoms with Crippen molar-refractivity contribution in [1.29, 1.82) is 0 Å². The summed E-state index contributed by atoms with van der Waals surface area (Å²) in [7, 11) is 3.91. The average Bonchev–Trinajstić information content (AvgIpc) is 3.24. The summed E-state index contributed by atoms with van der Waals surface area (Å²) in [6.07, 6.45) is 0. The van der Waals surface area contributed by atoms with E-state index in [1.165, 1.54) is 6.07 Å². The molecule has 7 heteroatoms. The van der Waals surface area contributed by atoms with Crippen molar-refractivity contribution in [2.24, 2.45) is 5.73 Å². The molecule has 4 aromatic rings. The molecule has 0 aliphatic heterocycles. The summed E-state index contributed by atoms with van der Waals surface area (Å²) in [5.41, 5.74) is 9.54. The number of aromatic nitrogens is 3. The molecule has 0 atom stereocenters. The first kappa shape index (κ1) is 19.3. The van der Waals surface area contributed by atoms with Crippen molar-refractivity contribution in [3.8, 4) is 33.6 Å². The highest BCUT2D eigenvalue weighted by molar-refractivity contribution is 5.94. The first-order valence-electron chi connectivity index (χ1n) is 9.34. The van der Waals surface area contributed by atoms with Gasteiger partial charge in [0, 0.05) is 36.5 Å². The topological polar surface area (TPSA) is 87.9 Å². The van der Waals surface area contributed by atoms with Gasteiger partial charge in [0.1, 0.15) is 5.82 Å². The van der Waals surface area contributed by atoms with E-state index in [2.05, 4.69) is 15.2 Å². The Balaban J connectivity index is 2.00. The van der Waals surface area contributed by atoms with Crippen LogP contribution < -0.4 is 10.6 Å². The maximum atomic E-state index is 15.1. The molecule has 4 rings (SSSR count). The van der Waals surface area contributed by atoms with Crippen LogP contribution in [0.15, 0.2) is 66.7 Å². The lowest BCUT2D eigenvalue weighted by atomic mass is 9.89. The monoisotopic (exact) mass is 401 g/mol. The quantitative estimate of drug-likeness (QED) is 0.527. The summed E-state index contributed by atoms with van der Waals surface area (Å²) >= 11 is 0. The Kier molecular flexibility index (Phi) is 5.02. The van der Waals surface area contributed by atoms with Crippen molar-refractivity contribution < 1.29 is 9.18 Å². The molecular formula is C23H20FN5O. The summed E-state index contributed by atoms with van der Waals surface area (Å²) < 4.78 is 15.1. The number of benzene rings is 3. The smallest absolute Gasteiger partial charge is 0.286 e. The van der Waals surface area contributed by atoms with Gasteiger partial charge in [-0.25, -0.2) is 9.37 Å². The number of amides is 1. The van der Waals surface area contributed by atoms with Gasteiger partial charge in [-0.1, -0.05) is 42.5 Å². The number of H-pyrrole nitrogens is 1. The summed E-state index contributed by atoms with van der Waals surface area (Å²) in [5.74, 6) is -0.851. The minimum atomic E-state index is -0.712. The van der Waals surface area contributed by atoms with Crippen molar-refractivity contribution >= 4 is 11.6 Å². The van der Waals surface area contributed by atoms with Crippen LogP contribution in [0.25, 0.3) is 33.6 Å². The van der Waals surface area contributed by atoms with E-state index < -0.39 is 5.91 Å². The van der Waals surface area contributed by atoms with Gasteiger partial charge in [-0.15, -0.1) is 0 Å². The molecule has 3 N–H and O–H groups in total. The third-order valence-electron chi connectivity index (χ3n) is 4.85. The molecule has 1 amide bonds. The van der Waals surface area contributed by atoms with E-state index in [4.69, 9.17) is 5.73 Å². The Morgan fingerprint density at radius 2 is 1.60 bits per heavy atom. The maximum absolute atomic E-state index is 15.1. The number of carbonyl (C=O) groups excluding carboxylic acids is 1. The average molecular weight is 401 g/mol. The molecule has 0 saturated carbocycles. The van der Waals surface area contributed by atoms with Gasteiger partial charge in [-0.05, 0) is 35.4 Å². The van der Waals surface area contributed by atoms with Gasteiger partial charge in [-0.2, -0.15) is 5.10 Å². The van der Waals surface area contributed by atoms with Crippen LogP contribution >= 0.6 is 0 Å². The first-order chi connectivity index (χ1) is 14.5. The Labute approximate surface area is 173 Å². The number of nitrogens with one attached hydrogen (secondary N) is 1. The molecule has 3 aromatic carbocycles. The number of primary amides is 1. The molecule has 0 aliphatic carbocycles. The number of nitrogens with zero attached hydrogens (tertiary/aromatic N) is 3. The summed E-state index contributed by atoms with van der Waals surface area (Å²) in [6.45, 7) is 0. The molecule has 0 aliphatic rings. The molecule has 0 spiro atoms. The van der Waals surface area contributed by atoms with Gasteiger partial charge in [0.2, 0.25) is 5.82 Å². The minimum absolute atomic E-state index is 0.0514. The number of carbonyl (C=O) groups is 1. The second kappa shape index (κ2) is 7.79. The van der Waals surface area contributed by atoms with Crippen LogP contribution in [0.2, 0.25) is 0 Å². The lowest BCUT2D eigenvalue weighted by Crippen LogP contribution is -2.12. The normalized spacial score (nSPS) is 10.8. The second-order valence-corrected chi connectivity index (χ2v) is 7.02. The fourth-order valence-corrected chi connectivity index (χ4v) is 3.37. The summed E-state index contributed by atoms with van der Waals surface area (Å²) in [5, 5.41) is 6.68. The molecule has 6 nitrogen and oxygen atoms in total. The van der Waals surface area contributed by atoms with Gasteiger partial charge < -0.3 is 10.6 Å². The van der Waals surface area contributed by atoms with Crippen LogP contribution in [-0.4, -0.2) is 35.2 Å². The molecular weight excluding hydrogens is 381 g/mol. The molecule has 30 heavy (non-hydrogen) atoms. The zero-order valence-electron chi connectivity index (χ0n) is 16.6. The highest BCUT2D eigenvalue weighted by Gasteiger charge is 2.21. The van der Waals surface area contributed by atoms with Crippen LogP contribution in [0.4, 0.5) is 10.1 Å². The van der Waals surface area contributed by atoms with Gasteiger partial charge in [0.25, 0.3) is 5.91 Å². The molecule has 150 valence electrons. The van der Waals surface area contributed by atoms with Gasteiger partial charge >= 0.3 is 0 Å². The zero-order chi connectivity index (χ0) is 21.3. The highest BCUT2D eigenvalue weighted by Crippen LogP contribution is 2.41. The van der Waals surface area contributed by atoms with Crippen molar-refractivity contribution in [2.75, 3.05) is 19.0 Å². The van der Waals surface area contributed by atoms with Crippen molar-refractivity contribution in [1.82, 2.24) is 15.2 Å². The number of hydrogen-bond donors (Lipinski definition) is 2. The third kappa shape index (κ3) is 3.53. The van der Waals surface area contributed by atoms with E-state index in [0.717, 1.165) is 16.8 Å². The maximum Gasteiger partial charge on any atom is 0.286 e. The minimum Gasteiger partial charge on any atom is -0.378 e. The van der Waals surface area contributed by atoms with E-state index in [1.54, 1.807) is 6.07 Å². The lowest BCUT2D eigenvalue weighted by Gasteiger charge is -2.17. The fourth-order valence-electron chi connectivity index (χ4n) is 3.37. The highest BCUT2D eigenvalue weighted by atomic mass is 19.1.